The van der Waals surface area contributed by atoms with Crippen LogP contribution in [0.1, 0.15) is 36.4 Å². The second-order valence-corrected chi connectivity index (χ2v) is 6.93. The van der Waals surface area contributed by atoms with Gasteiger partial charge in [-0.25, -0.2) is 0 Å². The molecule has 0 aliphatic rings. The number of carbonyl (C=O) groups is 1. The SMILES string of the molecule is Cc1nn(Cc2ccccc2Cl)c(C)c1CNCCNC(=O)C(C)C. The predicted octanol–water partition coefficient (Wildman–Crippen LogP) is 3.06. The lowest BCUT2D eigenvalue weighted by Gasteiger charge is -2.09. The summed E-state index contributed by atoms with van der Waals surface area (Å²) in [6.07, 6.45) is 0. The van der Waals surface area contributed by atoms with Crippen LogP contribution in [-0.2, 0) is 17.9 Å². The summed E-state index contributed by atoms with van der Waals surface area (Å²) in [6, 6.07) is 7.84. The Balaban J connectivity index is 1.91. The number of aromatic nitrogens is 2. The topological polar surface area (TPSA) is 59.0 Å². The van der Waals surface area contributed by atoms with E-state index in [1.165, 1.54) is 5.56 Å². The molecule has 1 amide bonds. The molecular formula is C19H27ClN4O. The average Bonchev–Trinajstić information content (AvgIpc) is 2.83. The Kier molecular flexibility index (Phi) is 7.02. The molecule has 1 aromatic heterocycles. The summed E-state index contributed by atoms with van der Waals surface area (Å²) in [4.78, 5) is 11.5. The third-order valence-electron chi connectivity index (χ3n) is 4.24. The lowest BCUT2D eigenvalue weighted by Crippen LogP contribution is -2.34. The molecule has 0 aliphatic heterocycles. The van der Waals surface area contributed by atoms with Crippen LogP contribution in [0, 0.1) is 19.8 Å². The van der Waals surface area contributed by atoms with Crippen molar-refractivity contribution in [2.24, 2.45) is 5.92 Å². The third kappa shape index (κ3) is 5.31. The summed E-state index contributed by atoms with van der Waals surface area (Å²) < 4.78 is 1.99. The van der Waals surface area contributed by atoms with Crippen molar-refractivity contribution in [2.75, 3.05) is 13.1 Å². The minimum atomic E-state index is 0.0209. The van der Waals surface area contributed by atoms with E-state index in [-0.39, 0.29) is 11.8 Å². The van der Waals surface area contributed by atoms with Gasteiger partial charge in [0.1, 0.15) is 0 Å². The average molecular weight is 363 g/mol. The van der Waals surface area contributed by atoms with Gasteiger partial charge in [0.25, 0.3) is 0 Å². The molecule has 0 atom stereocenters. The van der Waals surface area contributed by atoms with Gasteiger partial charge in [0, 0.05) is 41.8 Å². The Morgan fingerprint density at radius 3 is 2.64 bits per heavy atom. The second kappa shape index (κ2) is 9.02. The van der Waals surface area contributed by atoms with Crippen molar-refractivity contribution in [1.82, 2.24) is 20.4 Å². The summed E-state index contributed by atoms with van der Waals surface area (Å²) in [5, 5.41) is 11.7. The normalized spacial score (nSPS) is 11.1. The molecule has 25 heavy (non-hydrogen) atoms. The molecule has 2 aromatic rings. The first-order chi connectivity index (χ1) is 11.9. The number of amides is 1. The number of hydrogen-bond acceptors (Lipinski definition) is 3. The monoisotopic (exact) mass is 362 g/mol. The molecule has 0 radical (unpaired) electrons. The summed E-state index contributed by atoms with van der Waals surface area (Å²) >= 11 is 6.25. The molecule has 6 heteroatoms. The van der Waals surface area contributed by atoms with Crippen molar-refractivity contribution >= 4 is 17.5 Å². The minimum absolute atomic E-state index is 0.0209. The second-order valence-electron chi connectivity index (χ2n) is 6.52. The molecule has 2 rings (SSSR count). The lowest BCUT2D eigenvalue weighted by atomic mass is 10.2. The van der Waals surface area contributed by atoms with Crippen LogP contribution in [0.15, 0.2) is 24.3 Å². The van der Waals surface area contributed by atoms with Gasteiger partial charge in [-0.3, -0.25) is 9.48 Å². The van der Waals surface area contributed by atoms with Gasteiger partial charge >= 0.3 is 0 Å². The zero-order valence-electron chi connectivity index (χ0n) is 15.4. The molecule has 0 unspecified atom stereocenters. The van der Waals surface area contributed by atoms with Gasteiger partial charge in [-0.05, 0) is 25.5 Å². The van der Waals surface area contributed by atoms with Crippen molar-refractivity contribution < 1.29 is 4.79 Å². The molecule has 0 aliphatic carbocycles. The molecule has 1 aromatic carbocycles. The number of nitrogens with one attached hydrogen (secondary N) is 2. The van der Waals surface area contributed by atoms with Crippen LogP contribution < -0.4 is 10.6 Å². The van der Waals surface area contributed by atoms with Gasteiger partial charge in [0.15, 0.2) is 0 Å². The van der Waals surface area contributed by atoms with Crippen LogP contribution >= 0.6 is 11.6 Å². The number of halogens is 1. The fraction of sp³-hybridized carbons (Fsp3) is 0.474. The van der Waals surface area contributed by atoms with Gasteiger partial charge < -0.3 is 10.6 Å². The molecule has 0 saturated carbocycles. The van der Waals surface area contributed by atoms with Crippen LogP contribution in [0.3, 0.4) is 0 Å². The zero-order valence-corrected chi connectivity index (χ0v) is 16.2. The number of carbonyl (C=O) groups excluding carboxylic acids is 1. The molecule has 136 valence electrons. The molecule has 5 nitrogen and oxygen atoms in total. The van der Waals surface area contributed by atoms with Gasteiger partial charge in [0.2, 0.25) is 5.91 Å². The summed E-state index contributed by atoms with van der Waals surface area (Å²) in [6.45, 7) is 10.6. The van der Waals surface area contributed by atoms with E-state index in [1.54, 1.807) is 0 Å². The largest absolute Gasteiger partial charge is 0.355 e. The highest BCUT2D eigenvalue weighted by Crippen LogP contribution is 2.19. The fourth-order valence-electron chi connectivity index (χ4n) is 2.62. The molecule has 2 N–H and O–H groups in total. The summed E-state index contributed by atoms with van der Waals surface area (Å²) in [5.41, 5.74) is 4.41. The Bertz CT molecular complexity index is 724. The van der Waals surface area contributed by atoms with Gasteiger partial charge in [0.05, 0.1) is 12.2 Å². The van der Waals surface area contributed by atoms with Gasteiger partial charge in [-0.15, -0.1) is 0 Å². The molecule has 0 bridgehead atoms. The molecule has 1 heterocycles. The van der Waals surface area contributed by atoms with Crippen LogP contribution in [-0.4, -0.2) is 28.8 Å². The standard InChI is InChI=1S/C19H27ClN4O/c1-13(2)19(25)22-10-9-21-11-17-14(3)23-24(15(17)4)12-16-7-5-6-8-18(16)20/h5-8,13,21H,9-12H2,1-4H3,(H,22,25). The van der Waals surface area contributed by atoms with E-state index in [9.17, 15) is 4.79 Å². The summed E-state index contributed by atoms with van der Waals surface area (Å²) in [5.74, 6) is 0.106. The van der Waals surface area contributed by atoms with Crippen molar-refractivity contribution in [3.05, 3.63) is 51.8 Å². The Labute approximate surface area is 154 Å². The van der Waals surface area contributed by atoms with Crippen molar-refractivity contribution in [2.45, 2.75) is 40.8 Å². The van der Waals surface area contributed by atoms with Crippen molar-refractivity contribution in [3.63, 3.8) is 0 Å². The van der Waals surface area contributed by atoms with Crippen LogP contribution in [0.2, 0.25) is 5.02 Å². The summed E-state index contributed by atoms with van der Waals surface area (Å²) in [7, 11) is 0. The van der Waals surface area contributed by atoms with Crippen LogP contribution in [0.4, 0.5) is 0 Å². The fourth-order valence-corrected chi connectivity index (χ4v) is 2.82. The molecular weight excluding hydrogens is 336 g/mol. The molecule has 0 spiro atoms. The predicted molar refractivity (Wildman–Crippen MR) is 102 cm³/mol. The van der Waals surface area contributed by atoms with E-state index >= 15 is 0 Å². The first kappa shape index (κ1) is 19.5. The Morgan fingerprint density at radius 2 is 1.96 bits per heavy atom. The number of nitrogens with zero attached hydrogens (tertiary/aromatic N) is 2. The van der Waals surface area contributed by atoms with Gasteiger partial charge in [-0.2, -0.15) is 5.10 Å². The van der Waals surface area contributed by atoms with E-state index in [4.69, 9.17) is 11.6 Å². The maximum absolute atomic E-state index is 11.5. The highest BCUT2D eigenvalue weighted by Gasteiger charge is 2.12. The third-order valence-corrected chi connectivity index (χ3v) is 4.61. The number of rotatable bonds is 8. The van der Waals surface area contributed by atoms with Crippen molar-refractivity contribution in [3.8, 4) is 0 Å². The Morgan fingerprint density at radius 1 is 1.24 bits per heavy atom. The Hall–Kier alpha value is -1.85. The van der Waals surface area contributed by atoms with Crippen LogP contribution in [0.5, 0.6) is 0 Å². The maximum atomic E-state index is 11.5. The lowest BCUT2D eigenvalue weighted by molar-refractivity contribution is -0.123. The van der Waals surface area contributed by atoms with Crippen LogP contribution in [0.25, 0.3) is 0 Å². The zero-order chi connectivity index (χ0) is 18.4. The van der Waals surface area contributed by atoms with E-state index < -0.39 is 0 Å². The van der Waals surface area contributed by atoms with E-state index in [2.05, 4.69) is 22.7 Å². The van der Waals surface area contributed by atoms with Gasteiger partial charge in [-0.1, -0.05) is 43.6 Å². The van der Waals surface area contributed by atoms with Crippen molar-refractivity contribution in [1.29, 1.82) is 0 Å². The van der Waals surface area contributed by atoms with E-state index in [1.807, 2.05) is 49.7 Å². The highest BCUT2D eigenvalue weighted by atomic mass is 35.5. The highest BCUT2D eigenvalue weighted by molar-refractivity contribution is 6.31. The quantitative estimate of drug-likeness (QED) is 0.709. The first-order valence-electron chi connectivity index (χ1n) is 8.65. The first-order valence-corrected chi connectivity index (χ1v) is 9.02. The molecule has 0 saturated heterocycles. The molecule has 0 fully saturated rings. The van der Waals surface area contributed by atoms with E-state index in [0.717, 1.165) is 35.1 Å². The number of benzene rings is 1. The number of hydrogen-bond donors (Lipinski definition) is 2. The minimum Gasteiger partial charge on any atom is -0.355 e. The van der Waals surface area contributed by atoms with E-state index in [0.29, 0.717) is 13.1 Å². The maximum Gasteiger partial charge on any atom is 0.222 e. The number of aryl methyl sites for hydroxylation is 1. The smallest absolute Gasteiger partial charge is 0.222 e.